The fourth-order valence-electron chi connectivity index (χ4n) is 2.07. The van der Waals surface area contributed by atoms with Crippen LogP contribution in [-0.2, 0) is 4.79 Å². The van der Waals surface area contributed by atoms with E-state index >= 15 is 0 Å². The summed E-state index contributed by atoms with van der Waals surface area (Å²) >= 11 is 0. The molecule has 1 aliphatic rings. The van der Waals surface area contributed by atoms with Crippen LogP contribution in [0.15, 0.2) is 0 Å². The summed E-state index contributed by atoms with van der Waals surface area (Å²) in [4.78, 5) is 24.2. The molecule has 1 heterocycles. The first-order valence-corrected chi connectivity index (χ1v) is 6.37. The number of carbonyl (C=O) groups excluding carboxylic acids is 1. The van der Waals surface area contributed by atoms with Crippen LogP contribution in [0.25, 0.3) is 0 Å². The van der Waals surface area contributed by atoms with Crippen molar-refractivity contribution in [2.45, 2.75) is 51.5 Å². The van der Waals surface area contributed by atoms with Crippen LogP contribution in [0.3, 0.4) is 0 Å². The van der Waals surface area contributed by atoms with Crippen LogP contribution in [0.2, 0.25) is 0 Å². The van der Waals surface area contributed by atoms with E-state index in [0.29, 0.717) is 0 Å². The Morgan fingerprint density at radius 2 is 1.71 bits per heavy atom. The second-order valence-electron chi connectivity index (χ2n) is 4.70. The molecule has 17 heavy (non-hydrogen) atoms. The number of urea groups is 1. The van der Waals surface area contributed by atoms with Gasteiger partial charge in [0.05, 0.1) is 6.42 Å². The van der Waals surface area contributed by atoms with Crippen molar-refractivity contribution in [2.24, 2.45) is 0 Å². The van der Waals surface area contributed by atoms with E-state index in [4.69, 9.17) is 5.11 Å². The van der Waals surface area contributed by atoms with Crippen molar-refractivity contribution in [3.8, 4) is 0 Å². The molecule has 2 N–H and O–H groups in total. The molecule has 0 bridgehead atoms. The van der Waals surface area contributed by atoms with Gasteiger partial charge in [-0.25, -0.2) is 4.79 Å². The fourth-order valence-corrected chi connectivity index (χ4v) is 2.07. The number of hydrogen-bond acceptors (Lipinski definition) is 2. The lowest BCUT2D eigenvalue weighted by Crippen LogP contribution is -2.45. The Hall–Kier alpha value is -1.26. The summed E-state index contributed by atoms with van der Waals surface area (Å²) < 4.78 is 0. The maximum Gasteiger partial charge on any atom is 0.317 e. The van der Waals surface area contributed by atoms with Gasteiger partial charge in [-0.05, 0) is 19.8 Å². The van der Waals surface area contributed by atoms with Crippen LogP contribution in [0.5, 0.6) is 0 Å². The molecular weight excluding hydrogens is 220 g/mol. The number of carbonyl (C=O) groups is 2. The predicted molar refractivity (Wildman–Crippen MR) is 64.9 cm³/mol. The second kappa shape index (κ2) is 7.14. The smallest absolute Gasteiger partial charge is 0.317 e. The van der Waals surface area contributed by atoms with Crippen molar-refractivity contribution in [3.63, 3.8) is 0 Å². The molecule has 98 valence electrons. The molecule has 0 aromatic rings. The van der Waals surface area contributed by atoms with Crippen LogP contribution < -0.4 is 5.32 Å². The Labute approximate surface area is 102 Å². The van der Waals surface area contributed by atoms with Crippen LogP contribution in [0.4, 0.5) is 4.79 Å². The maximum atomic E-state index is 11.9. The molecule has 0 aliphatic carbocycles. The minimum Gasteiger partial charge on any atom is -0.481 e. The van der Waals surface area contributed by atoms with Gasteiger partial charge in [0.25, 0.3) is 0 Å². The molecule has 1 atom stereocenters. The third-order valence-electron chi connectivity index (χ3n) is 2.99. The highest BCUT2D eigenvalue weighted by Crippen LogP contribution is 2.10. The molecule has 5 nitrogen and oxygen atoms in total. The zero-order valence-corrected chi connectivity index (χ0v) is 10.4. The predicted octanol–water partition coefficient (Wildman–Crippen LogP) is 1.83. The second-order valence-corrected chi connectivity index (χ2v) is 4.70. The van der Waals surface area contributed by atoms with Gasteiger partial charge in [0.2, 0.25) is 0 Å². The SMILES string of the molecule is CC(CC(=O)O)NC(=O)N1CCCCCCC1. The summed E-state index contributed by atoms with van der Waals surface area (Å²) in [5, 5.41) is 11.4. The number of carboxylic acid groups (broad SMARTS) is 1. The van der Waals surface area contributed by atoms with E-state index < -0.39 is 5.97 Å². The summed E-state index contributed by atoms with van der Waals surface area (Å²) in [5.41, 5.74) is 0. The number of amides is 2. The van der Waals surface area contributed by atoms with E-state index in [1.165, 1.54) is 19.3 Å². The van der Waals surface area contributed by atoms with Gasteiger partial charge in [-0.2, -0.15) is 0 Å². The fraction of sp³-hybridized carbons (Fsp3) is 0.833. The van der Waals surface area contributed by atoms with Crippen LogP contribution in [-0.4, -0.2) is 41.1 Å². The Morgan fingerprint density at radius 3 is 2.24 bits per heavy atom. The lowest BCUT2D eigenvalue weighted by molar-refractivity contribution is -0.137. The minimum atomic E-state index is -0.884. The van der Waals surface area contributed by atoms with Crippen molar-refractivity contribution in [1.82, 2.24) is 10.2 Å². The standard InChI is InChI=1S/C12H22N2O3/c1-10(9-11(15)16)13-12(17)14-7-5-3-2-4-6-8-14/h10H,2-9H2,1H3,(H,13,17)(H,15,16). The molecule has 0 saturated carbocycles. The van der Waals surface area contributed by atoms with Crippen molar-refractivity contribution >= 4 is 12.0 Å². The highest BCUT2D eigenvalue weighted by Gasteiger charge is 2.17. The first kappa shape index (κ1) is 13.8. The van der Waals surface area contributed by atoms with Crippen LogP contribution >= 0.6 is 0 Å². The van der Waals surface area contributed by atoms with Gasteiger partial charge in [-0.3, -0.25) is 4.79 Å². The van der Waals surface area contributed by atoms with Crippen molar-refractivity contribution in [3.05, 3.63) is 0 Å². The highest BCUT2D eigenvalue weighted by molar-refractivity contribution is 5.75. The Kier molecular flexibility index (Phi) is 5.80. The molecular formula is C12H22N2O3. The normalized spacial score (nSPS) is 19.0. The van der Waals surface area contributed by atoms with E-state index in [-0.39, 0.29) is 18.5 Å². The lowest BCUT2D eigenvalue weighted by atomic mass is 10.1. The summed E-state index contributed by atoms with van der Waals surface area (Å²) in [6, 6.07) is -0.439. The van der Waals surface area contributed by atoms with E-state index in [1.54, 1.807) is 11.8 Å². The molecule has 0 aromatic heterocycles. The number of aliphatic carboxylic acids is 1. The average Bonchev–Trinajstić information content (AvgIpc) is 2.14. The van der Waals surface area contributed by atoms with Crippen molar-refractivity contribution in [2.75, 3.05) is 13.1 Å². The number of carboxylic acids is 1. The lowest BCUT2D eigenvalue weighted by Gasteiger charge is -2.26. The van der Waals surface area contributed by atoms with Crippen LogP contribution in [0.1, 0.15) is 45.4 Å². The van der Waals surface area contributed by atoms with E-state index in [9.17, 15) is 9.59 Å². The summed E-state index contributed by atoms with van der Waals surface area (Å²) in [7, 11) is 0. The van der Waals surface area contributed by atoms with Gasteiger partial charge in [0, 0.05) is 19.1 Å². The number of rotatable bonds is 3. The number of likely N-dealkylation sites (tertiary alicyclic amines) is 1. The van der Waals surface area contributed by atoms with E-state index in [1.807, 2.05) is 0 Å². The first-order chi connectivity index (χ1) is 8.09. The highest BCUT2D eigenvalue weighted by atomic mass is 16.4. The average molecular weight is 242 g/mol. The molecule has 0 spiro atoms. The Bertz CT molecular complexity index is 260. The molecule has 1 saturated heterocycles. The van der Waals surface area contributed by atoms with Gasteiger partial charge in [0.15, 0.2) is 0 Å². The third-order valence-corrected chi connectivity index (χ3v) is 2.99. The monoisotopic (exact) mass is 242 g/mol. The number of nitrogens with one attached hydrogen (secondary N) is 1. The zero-order chi connectivity index (χ0) is 12.7. The molecule has 1 fully saturated rings. The molecule has 5 heteroatoms. The Balaban J connectivity index is 2.36. The van der Waals surface area contributed by atoms with Gasteiger partial charge >= 0.3 is 12.0 Å². The first-order valence-electron chi connectivity index (χ1n) is 6.37. The van der Waals surface area contributed by atoms with Gasteiger partial charge in [-0.1, -0.05) is 19.3 Å². The molecule has 2 amide bonds. The maximum absolute atomic E-state index is 11.9. The van der Waals surface area contributed by atoms with Crippen molar-refractivity contribution < 1.29 is 14.7 Å². The van der Waals surface area contributed by atoms with E-state index in [2.05, 4.69) is 5.32 Å². The molecule has 1 unspecified atom stereocenters. The largest absolute Gasteiger partial charge is 0.481 e. The summed E-state index contributed by atoms with van der Waals surface area (Å²) in [5.74, 6) is -0.884. The van der Waals surface area contributed by atoms with Crippen molar-refractivity contribution in [1.29, 1.82) is 0 Å². The van der Waals surface area contributed by atoms with Gasteiger partial charge in [0.1, 0.15) is 0 Å². The third kappa shape index (κ3) is 5.56. The molecule has 1 rings (SSSR count). The number of hydrogen-bond donors (Lipinski definition) is 2. The summed E-state index contributed by atoms with van der Waals surface area (Å²) in [6.45, 7) is 3.29. The topological polar surface area (TPSA) is 69.6 Å². The Morgan fingerprint density at radius 1 is 1.18 bits per heavy atom. The quantitative estimate of drug-likeness (QED) is 0.793. The van der Waals surface area contributed by atoms with E-state index in [0.717, 1.165) is 25.9 Å². The zero-order valence-electron chi connectivity index (χ0n) is 10.4. The molecule has 0 aromatic carbocycles. The van der Waals surface area contributed by atoms with Gasteiger partial charge in [-0.15, -0.1) is 0 Å². The van der Waals surface area contributed by atoms with Crippen LogP contribution in [0, 0.1) is 0 Å². The summed E-state index contributed by atoms with van der Waals surface area (Å²) in [6.07, 6.45) is 5.66. The minimum absolute atomic E-state index is 0.0282. The van der Waals surface area contributed by atoms with Gasteiger partial charge < -0.3 is 15.3 Å². The molecule has 1 aliphatic heterocycles. The molecule has 0 radical (unpaired) electrons. The number of nitrogens with zero attached hydrogens (tertiary/aromatic N) is 1.